The van der Waals surface area contributed by atoms with Crippen molar-refractivity contribution in [1.29, 1.82) is 0 Å². The Hall–Kier alpha value is -2.67. The molecule has 2 rings (SSSR count). The first-order valence-corrected chi connectivity index (χ1v) is 6.12. The predicted octanol–water partition coefficient (Wildman–Crippen LogP) is 1.21. The molecule has 0 aliphatic carbocycles. The van der Waals surface area contributed by atoms with E-state index >= 15 is 0 Å². The van der Waals surface area contributed by atoms with Crippen molar-refractivity contribution in [2.45, 2.75) is 6.10 Å². The fourth-order valence-corrected chi connectivity index (χ4v) is 1.61. The van der Waals surface area contributed by atoms with E-state index < -0.39 is 23.7 Å². The quantitative estimate of drug-likeness (QED) is 0.739. The third-order valence-corrected chi connectivity index (χ3v) is 2.62. The van der Waals surface area contributed by atoms with Crippen LogP contribution in [0.3, 0.4) is 0 Å². The molecule has 1 unspecified atom stereocenters. The van der Waals surface area contributed by atoms with Crippen molar-refractivity contribution in [3.63, 3.8) is 0 Å². The lowest BCUT2D eigenvalue weighted by atomic mass is 10.2. The van der Waals surface area contributed by atoms with Gasteiger partial charge in [-0.25, -0.2) is 4.39 Å². The van der Waals surface area contributed by atoms with E-state index in [9.17, 15) is 19.1 Å². The van der Waals surface area contributed by atoms with Crippen LogP contribution in [0.4, 0.5) is 10.1 Å². The molecular weight excluding hydrogens is 279 g/mol. The van der Waals surface area contributed by atoms with Gasteiger partial charge in [0, 0.05) is 5.69 Å². The van der Waals surface area contributed by atoms with E-state index in [1.807, 2.05) is 0 Å². The Kier molecular flexibility index (Phi) is 4.68. The number of furan rings is 1. The fourth-order valence-electron chi connectivity index (χ4n) is 1.61. The van der Waals surface area contributed by atoms with Gasteiger partial charge in [0.05, 0.1) is 12.8 Å². The molecule has 6 nitrogen and oxygen atoms in total. The van der Waals surface area contributed by atoms with Crippen LogP contribution in [-0.4, -0.2) is 23.5 Å². The second kappa shape index (κ2) is 6.67. The van der Waals surface area contributed by atoms with Gasteiger partial charge in [-0.2, -0.15) is 0 Å². The number of carbonyl (C=O) groups excluding carboxylic acids is 2. The standard InChI is InChI=1S/C14H13FN2O4/c15-9-3-1-4-10(7-9)17-14(20)13(19)16-8-11(18)12-5-2-6-21-12/h1-7,11,18H,8H2,(H,16,19)(H,17,20). The van der Waals surface area contributed by atoms with E-state index in [2.05, 4.69) is 10.6 Å². The van der Waals surface area contributed by atoms with Crippen LogP contribution in [0, 0.1) is 5.82 Å². The monoisotopic (exact) mass is 292 g/mol. The molecule has 0 saturated heterocycles. The zero-order valence-corrected chi connectivity index (χ0v) is 10.9. The zero-order chi connectivity index (χ0) is 15.2. The summed E-state index contributed by atoms with van der Waals surface area (Å²) in [6, 6.07) is 8.30. The van der Waals surface area contributed by atoms with Crippen molar-refractivity contribution in [2.75, 3.05) is 11.9 Å². The topological polar surface area (TPSA) is 91.6 Å². The van der Waals surface area contributed by atoms with Gasteiger partial charge in [0.15, 0.2) is 0 Å². The van der Waals surface area contributed by atoms with Gasteiger partial charge in [-0.05, 0) is 30.3 Å². The van der Waals surface area contributed by atoms with Gasteiger partial charge >= 0.3 is 11.8 Å². The fraction of sp³-hybridized carbons (Fsp3) is 0.143. The highest BCUT2D eigenvalue weighted by Gasteiger charge is 2.17. The lowest BCUT2D eigenvalue weighted by Crippen LogP contribution is -2.37. The summed E-state index contributed by atoms with van der Waals surface area (Å²) in [6.45, 7) is -0.178. The number of aliphatic hydroxyl groups is 1. The van der Waals surface area contributed by atoms with Gasteiger partial charge in [-0.1, -0.05) is 6.07 Å². The lowest BCUT2D eigenvalue weighted by molar-refractivity contribution is -0.136. The smallest absolute Gasteiger partial charge is 0.313 e. The summed E-state index contributed by atoms with van der Waals surface area (Å²) in [5, 5.41) is 14.2. The van der Waals surface area contributed by atoms with Crippen molar-refractivity contribution >= 4 is 17.5 Å². The van der Waals surface area contributed by atoms with Crippen molar-refractivity contribution in [1.82, 2.24) is 5.32 Å². The summed E-state index contributed by atoms with van der Waals surface area (Å²) < 4.78 is 17.9. The Morgan fingerprint density at radius 1 is 1.24 bits per heavy atom. The first-order chi connectivity index (χ1) is 10.1. The number of anilines is 1. The molecule has 7 heteroatoms. The average Bonchev–Trinajstić information content (AvgIpc) is 2.98. The van der Waals surface area contributed by atoms with Crippen molar-refractivity contribution in [2.24, 2.45) is 0 Å². The van der Waals surface area contributed by atoms with Crippen LogP contribution in [0.1, 0.15) is 11.9 Å². The number of hydrogen-bond acceptors (Lipinski definition) is 4. The minimum atomic E-state index is -1.05. The molecule has 0 aliphatic heterocycles. The van der Waals surface area contributed by atoms with E-state index in [0.717, 1.165) is 6.07 Å². The molecule has 1 aromatic carbocycles. The maximum Gasteiger partial charge on any atom is 0.313 e. The number of nitrogens with one attached hydrogen (secondary N) is 2. The van der Waals surface area contributed by atoms with Gasteiger partial charge in [0.1, 0.15) is 17.7 Å². The summed E-state index contributed by atoms with van der Waals surface area (Å²) in [5.74, 6) is -2.14. The summed E-state index contributed by atoms with van der Waals surface area (Å²) in [5.41, 5.74) is 0.168. The Labute approximate surface area is 119 Å². The third kappa shape index (κ3) is 4.15. The summed E-state index contributed by atoms with van der Waals surface area (Å²) in [6.07, 6.45) is 0.336. The van der Waals surface area contributed by atoms with Gasteiger partial charge in [-0.15, -0.1) is 0 Å². The molecule has 1 heterocycles. The minimum Gasteiger partial charge on any atom is -0.467 e. The highest BCUT2D eigenvalue weighted by Crippen LogP contribution is 2.12. The number of carbonyl (C=O) groups is 2. The number of aliphatic hydroxyl groups excluding tert-OH is 1. The lowest BCUT2D eigenvalue weighted by Gasteiger charge is -2.09. The Balaban J connectivity index is 1.84. The third-order valence-electron chi connectivity index (χ3n) is 2.62. The molecule has 1 aromatic heterocycles. The molecule has 0 aliphatic rings. The molecule has 1 atom stereocenters. The van der Waals surface area contributed by atoms with Crippen molar-refractivity contribution < 1.29 is 23.5 Å². The normalized spacial score (nSPS) is 11.7. The van der Waals surface area contributed by atoms with Crippen LogP contribution in [0.15, 0.2) is 47.1 Å². The molecule has 110 valence electrons. The Morgan fingerprint density at radius 2 is 2.05 bits per heavy atom. The van der Waals surface area contributed by atoms with Crippen molar-refractivity contribution in [3.05, 3.63) is 54.2 Å². The average molecular weight is 292 g/mol. The number of rotatable bonds is 4. The van der Waals surface area contributed by atoms with Crippen LogP contribution < -0.4 is 10.6 Å². The second-order valence-electron chi connectivity index (χ2n) is 4.21. The highest BCUT2D eigenvalue weighted by molar-refractivity contribution is 6.39. The molecule has 2 amide bonds. The van der Waals surface area contributed by atoms with Gasteiger partial charge in [0.2, 0.25) is 0 Å². The molecule has 0 spiro atoms. The molecule has 2 aromatic rings. The minimum absolute atomic E-state index is 0.168. The molecule has 0 fully saturated rings. The van der Waals surface area contributed by atoms with Crippen LogP contribution in [0.5, 0.6) is 0 Å². The van der Waals surface area contributed by atoms with E-state index in [1.54, 1.807) is 12.1 Å². The van der Waals surface area contributed by atoms with E-state index in [4.69, 9.17) is 4.42 Å². The van der Waals surface area contributed by atoms with Crippen molar-refractivity contribution in [3.8, 4) is 0 Å². The predicted molar refractivity (Wildman–Crippen MR) is 71.7 cm³/mol. The van der Waals surface area contributed by atoms with Crippen LogP contribution >= 0.6 is 0 Å². The first-order valence-electron chi connectivity index (χ1n) is 6.12. The van der Waals surface area contributed by atoms with E-state index in [0.29, 0.717) is 0 Å². The molecular formula is C14H13FN2O4. The van der Waals surface area contributed by atoms with Crippen LogP contribution in [0.25, 0.3) is 0 Å². The first kappa shape index (κ1) is 14.7. The number of hydrogen-bond donors (Lipinski definition) is 3. The Bertz CT molecular complexity index is 628. The largest absolute Gasteiger partial charge is 0.467 e. The zero-order valence-electron chi connectivity index (χ0n) is 10.9. The van der Waals surface area contributed by atoms with Crippen LogP contribution in [-0.2, 0) is 9.59 Å². The second-order valence-corrected chi connectivity index (χ2v) is 4.21. The number of amides is 2. The van der Waals surface area contributed by atoms with Gasteiger partial charge < -0.3 is 20.2 Å². The summed E-state index contributed by atoms with van der Waals surface area (Å²) in [4.78, 5) is 23.1. The number of halogens is 1. The van der Waals surface area contributed by atoms with E-state index in [-0.39, 0.29) is 18.0 Å². The molecule has 3 N–H and O–H groups in total. The molecule has 0 radical (unpaired) electrons. The maximum atomic E-state index is 12.9. The maximum absolute atomic E-state index is 12.9. The molecule has 0 bridgehead atoms. The number of benzene rings is 1. The van der Waals surface area contributed by atoms with Gasteiger partial charge in [0.25, 0.3) is 0 Å². The SMILES string of the molecule is O=C(NCC(O)c1ccco1)C(=O)Nc1cccc(F)c1. The van der Waals surface area contributed by atoms with Crippen LogP contribution in [0.2, 0.25) is 0 Å². The van der Waals surface area contributed by atoms with E-state index in [1.165, 1.54) is 24.5 Å². The summed E-state index contributed by atoms with van der Waals surface area (Å²) in [7, 11) is 0. The van der Waals surface area contributed by atoms with Gasteiger partial charge in [-0.3, -0.25) is 9.59 Å². The Morgan fingerprint density at radius 3 is 2.71 bits per heavy atom. The summed E-state index contributed by atoms with van der Waals surface area (Å²) >= 11 is 0. The molecule has 21 heavy (non-hydrogen) atoms. The molecule has 0 saturated carbocycles. The highest BCUT2D eigenvalue weighted by atomic mass is 19.1.